The summed E-state index contributed by atoms with van der Waals surface area (Å²) in [7, 11) is 0. The van der Waals surface area contributed by atoms with E-state index in [1.54, 1.807) is 11.8 Å². The second-order valence-electron chi connectivity index (χ2n) is 4.96. The van der Waals surface area contributed by atoms with Crippen LogP contribution in [0.15, 0.2) is 30.3 Å². The molecular weight excluding hydrogens is 274 g/mol. The molecule has 1 rings (SSSR count). The summed E-state index contributed by atoms with van der Waals surface area (Å²) in [6.07, 6.45) is 0.0370. The summed E-state index contributed by atoms with van der Waals surface area (Å²) >= 11 is 1.54. The highest BCUT2D eigenvalue weighted by molar-refractivity contribution is 7.98. The third kappa shape index (κ3) is 6.61. The van der Waals surface area contributed by atoms with E-state index in [-0.39, 0.29) is 18.4 Å². The fraction of sp³-hybridized carbons (Fsp3) is 0.467. The van der Waals surface area contributed by atoms with Crippen molar-refractivity contribution in [3.8, 4) is 0 Å². The van der Waals surface area contributed by atoms with Crippen molar-refractivity contribution in [1.29, 1.82) is 0 Å². The minimum Gasteiger partial charge on any atom is -0.481 e. The number of hydrogen-bond donors (Lipinski definition) is 2. The molecule has 0 aliphatic heterocycles. The summed E-state index contributed by atoms with van der Waals surface area (Å²) in [5, 5.41) is 11.9. The van der Waals surface area contributed by atoms with E-state index < -0.39 is 11.9 Å². The topological polar surface area (TPSA) is 66.4 Å². The average Bonchev–Trinajstić information content (AvgIpc) is 2.37. The molecule has 0 aliphatic carbocycles. The zero-order chi connectivity index (χ0) is 15.0. The first-order valence-electron chi connectivity index (χ1n) is 6.63. The number of amides is 1. The van der Waals surface area contributed by atoms with Crippen molar-refractivity contribution in [2.45, 2.75) is 32.1 Å². The number of carbonyl (C=O) groups is 2. The van der Waals surface area contributed by atoms with E-state index in [2.05, 4.69) is 5.32 Å². The highest BCUT2D eigenvalue weighted by Crippen LogP contribution is 2.18. The third-order valence-corrected chi connectivity index (χ3v) is 3.84. The van der Waals surface area contributed by atoms with E-state index in [0.717, 1.165) is 11.3 Å². The Morgan fingerprint density at radius 3 is 2.45 bits per heavy atom. The lowest BCUT2D eigenvalue weighted by Gasteiger charge is -2.13. The first-order valence-corrected chi connectivity index (χ1v) is 7.78. The standard InChI is InChI=1S/C15H21NO3S/c1-11(2)16-14(17)8-13(15(18)19)10-20-9-12-6-4-3-5-7-12/h3-7,11,13H,8-10H2,1-2H3,(H,16,17)(H,18,19). The maximum atomic E-state index is 11.6. The molecule has 1 amide bonds. The Hall–Kier alpha value is -1.49. The van der Waals surface area contributed by atoms with Crippen molar-refractivity contribution >= 4 is 23.6 Å². The van der Waals surface area contributed by atoms with Crippen molar-refractivity contribution in [3.63, 3.8) is 0 Å². The zero-order valence-electron chi connectivity index (χ0n) is 11.8. The predicted molar refractivity (Wildman–Crippen MR) is 81.6 cm³/mol. The number of carboxylic acid groups (broad SMARTS) is 1. The van der Waals surface area contributed by atoms with Crippen LogP contribution in [0.25, 0.3) is 0 Å². The number of hydrogen-bond acceptors (Lipinski definition) is 3. The predicted octanol–water partition coefficient (Wildman–Crippen LogP) is 2.54. The van der Waals surface area contributed by atoms with Gasteiger partial charge in [0.1, 0.15) is 0 Å². The molecule has 0 saturated heterocycles. The Labute approximate surface area is 124 Å². The molecule has 5 heteroatoms. The Morgan fingerprint density at radius 2 is 1.90 bits per heavy atom. The van der Waals surface area contributed by atoms with Crippen LogP contribution in [0.2, 0.25) is 0 Å². The minimum absolute atomic E-state index is 0.0360. The fourth-order valence-electron chi connectivity index (χ4n) is 1.72. The van der Waals surface area contributed by atoms with E-state index in [9.17, 15) is 9.59 Å². The first kappa shape index (κ1) is 16.6. The van der Waals surface area contributed by atoms with Crippen LogP contribution < -0.4 is 5.32 Å². The summed E-state index contributed by atoms with van der Waals surface area (Å²) in [4.78, 5) is 22.8. The number of nitrogens with one attached hydrogen (secondary N) is 1. The molecule has 20 heavy (non-hydrogen) atoms. The van der Waals surface area contributed by atoms with Crippen LogP contribution in [-0.2, 0) is 15.3 Å². The molecule has 0 saturated carbocycles. The fourth-order valence-corrected chi connectivity index (χ4v) is 2.81. The molecule has 0 spiro atoms. The molecule has 0 aromatic heterocycles. The monoisotopic (exact) mass is 295 g/mol. The summed E-state index contributed by atoms with van der Waals surface area (Å²) in [6.45, 7) is 3.72. The van der Waals surface area contributed by atoms with Gasteiger partial charge in [0.15, 0.2) is 0 Å². The quantitative estimate of drug-likeness (QED) is 0.773. The van der Waals surface area contributed by atoms with Gasteiger partial charge in [-0.15, -0.1) is 0 Å². The van der Waals surface area contributed by atoms with Crippen LogP contribution >= 0.6 is 11.8 Å². The minimum atomic E-state index is -0.913. The van der Waals surface area contributed by atoms with Crippen LogP contribution in [-0.4, -0.2) is 28.8 Å². The van der Waals surface area contributed by atoms with E-state index in [0.29, 0.717) is 5.75 Å². The van der Waals surface area contributed by atoms with Crippen LogP contribution in [0, 0.1) is 5.92 Å². The summed E-state index contributed by atoms with van der Waals surface area (Å²) in [6, 6.07) is 9.92. The van der Waals surface area contributed by atoms with Gasteiger partial charge in [-0.3, -0.25) is 9.59 Å². The Balaban J connectivity index is 2.39. The number of aliphatic carboxylic acids is 1. The first-order chi connectivity index (χ1) is 9.49. The number of carboxylic acids is 1. The molecule has 2 N–H and O–H groups in total. The Morgan fingerprint density at radius 1 is 1.25 bits per heavy atom. The summed E-state index contributed by atoms with van der Waals surface area (Å²) in [5.74, 6) is -0.550. The van der Waals surface area contributed by atoms with Gasteiger partial charge in [-0.05, 0) is 19.4 Å². The highest BCUT2D eigenvalue weighted by atomic mass is 32.2. The van der Waals surface area contributed by atoms with Crippen molar-refractivity contribution in [2.75, 3.05) is 5.75 Å². The lowest BCUT2D eigenvalue weighted by atomic mass is 10.1. The van der Waals surface area contributed by atoms with Crippen molar-refractivity contribution < 1.29 is 14.7 Å². The largest absolute Gasteiger partial charge is 0.481 e. The van der Waals surface area contributed by atoms with Gasteiger partial charge in [-0.1, -0.05) is 30.3 Å². The molecule has 0 aliphatic rings. The van der Waals surface area contributed by atoms with Gasteiger partial charge in [0.25, 0.3) is 0 Å². The molecule has 0 heterocycles. The smallest absolute Gasteiger partial charge is 0.307 e. The van der Waals surface area contributed by atoms with E-state index in [4.69, 9.17) is 5.11 Å². The van der Waals surface area contributed by atoms with Crippen molar-refractivity contribution in [1.82, 2.24) is 5.32 Å². The molecule has 0 radical (unpaired) electrons. The van der Waals surface area contributed by atoms with Crippen molar-refractivity contribution in [2.24, 2.45) is 5.92 Å². The van der Waals surface area contributed by atoms with E-state index in [1.165, 1.54) is 0 Å². The number of thioether (sulfide) groups is 1. The van der Waals surface area contributed by atoms with Gasteiger partial charge < -0.3 is 10.4 Å². The Kier molecular flexibility index (Phi) is 7.15. The highest BCUT2D eigenvalue weighted by Gasteiger charge is 2.21. The second kappa shape index (κ2) is 8.64. The summed E-state index contributed by atoms with van der Waals surface area (Å²) < 4.78 is 0. The van der Waals surface area contributed by atoms with Gasteiger partial charge >= 0.3 is 5.97 Å². The molecular formula is C15H21NO3S. The molecule has 1 unspecified atom stereocenters. The molecule has 4 nitrogen and oxygen atoms in total. The number of benzene rings is 1. The lowest BCUT2D eigenvalue weighted by molar-refractivity contribution is -0.143. The van der Waals surface area contributed by atoms with Gasteiger partial charge in [0.05, 0.1) is 5.92 Å². The SMILES string of the molecule is CC(C)NC(=O)CC(CSCc1ccccc1)C(=O)O. The van der Waals surface area contributed by atoms with Gasteiger partial charge in [-0.25, -0.2) is 0 Å². The number of rotatable bonds is 8. The van der Waals surface area contributed by atoms with E-state index >= 15 is 0 Å². The molecule has 1 aromatic rings. The molecule has 1 atom stereocenters. The normalized spacial score (nSPS) is 12.2. The van der Waals surface area contributed by atoms with Crippen molar-refractivity contribution in [3.05, 3.63) is 35.9 Å². The maximum Gasteiger partial charge on any atom is 0.307 e. The zero-order valence-corrected chi connectivity index (χ0v) is 12.7. The number of carbonyl (C=O) groups excluding carboxylic acids is 1. The van der Waals surface area contributed by atoms with Crippen LogP contribution in [0.3, 0.4) is 0 Å². The van der Waals surface area contributed by atoms with Crippen LogP contribution in [0.1, 0.15) is 25.8 Å². The average molecular weight is 295 g/mol. The summed E-state index contributed by atoms with van der Waals surface area (Å²) in [5.41, 5.74) is 1.16. The molecule has 1 aromatic carbocycles. The van der Waals surface area contributed by atoms with Crippen LogP contribution in [0.4, 0.5) is 0 Å². The Bertz CT molecular complexity index is 434. The van der Waals surface area contributed by atoms with Crippen LogP contribution in [0.5, 0.6) is 0 Å². The molecule has 0 bridgehead atoms. The van der Waals surface area contributed by atoms with Gasteiger partial charge in [0, 0.05) is 24.0 Å². The second-order valence-corrected chi connectivity index (χ2v) is 5.99. The third-order valence-electron chi connectivity index (χ3n) is 2.66. The maximum absolute atomic E-state index is 11.6. The van der Waals surface area contributed by atoms with Gasteiger partial charge in [-0.2, -0.15) is 11.8 Å². The van der Waals surface area contributed by atoms with Gasteiger partial charge in [0.2, 0.25) is 5.91 Å². The lowest BCUT2D eigenvalue weighted by Crippen LogP contribution is -2.33. The molecule has 110 valence electrons. The van der Waals surface area contributed by atoms with E-state index in [1.807, 2.05) is 44.2 Å². The molecule has 0 fully saturated rings.